The number of hydrogen-bond acceptors (Lipinski definition) is 4. The first-order valence-corrected chi connectivity index (χ1v) is 18.2. The lowest BCUT2D eigenvalue weighted by molar-refractivity contribution is -0.120. The summed E-state index contributed by atoms with van der Waals surface area (Å²) in [6.45, 7) is 7.54. The number of carbonyl (C=O) groups is 1. The van der Waals surface area contributed by atoms with Crippen LogP contribution in [0.25, 0.3) is 10.9 Å². The van der Waals surface area contributed by atoms with E-state index in [9.17, 15) is 9.36 Å². The summed E-state index contributed by atoms with van der Waals surface area (Å²) < 4.78 is 26.3. The lowest BCUT2D eigenvalue weighted by atomic mass is 9.80. The fraction of sp³-hybridized carbons (Fsp3) is 0.583. The number of aromatic nitrogens is 1. The Morgan fingerprint density at radius 1 is 0.930 bits per heavy atom. The second-order valence-electron chi connectivity index (χ2n) is 12.9. The van der Waals surface area contributed by atoms with E-state index in [0.29, 0.717) is 37.8 Å². The molecule has 234 valence electrons. The van der Waals surface area contributed by atoms with Gasteiger partial charge in [0.1, 0.15) is 5.78 Å². The van der Waals surface area contributed by atoms with E-state index < -0.39 is 7.75 Å². The number of carbonyl (C=O) groups excluding carboxylic acids is 1. The molecule has 0 spiro atoms. The molecule has 0 saturated heterocycles. The number of benzene rings is 2. The topological polar surface area (TPSA) is 69.6 Å². The third kappa shape index (κ3) is 8.48. The Balaban J connectivity index is 1.30. The van der Waals surface area contributed by atoms with Gasteiger partial charge in [-0.15, -0.1) is 0 Å². The predicted octanol–water partition coefficient (Wildman–Crippen LogP) is 9.34. The summed E-state index contributed by atoms with van der Waals surface area (Å²) in [7, 11) is -3.28. The molecule has 1 atom stereocenters. The number of nitrogens with one attached hydrogen (secondary N) is 1. The van der Waals surface area contributed by atoms with Gasteiger partial charge in [-0.25, -0.2) is 9.65 Å². The minimum atomic E-state index is -3.28. The number of hydrogen-bond donors (Lipinski definition) is 1. The quantitative estimate of drug-likeness (QED) is 0.185. The van der Waals surface area contributed by atoms with Gasteiger partial charge in [-0.05, 0) is 88.3 Å². The minimum Gasteiger partial charge on any atom is -0.347 e. The average molecular weight is 607 g/mol. The number of nitrogens with zero attached hydrogens (tertiary/aromatic N) is 1. The van der Waals surface area contributed by atoms with E-state index in [1.807, 2.05) is 13.8 Å². The molecule has 2 saturated carbocycles. The summed E-state index contributed by atoms with van der Waals surface area (Å²) in [6.07, 6.45) is 13.8. The average Bonchev–Trinajstić information content (AvgIpc) is 3.35. The summed E-state index contributed by atoms with van der Waals surface area (Å²) >= 11 is 0. The molecule has 0 radical (unpaired) electrons. The molecule has 3 aromatic rings. The van der Waals surface area contributed by atoms with E-state index >= 15 is 0 Å². The Kier molecular flexibility index (Phi) is 11.3. The largest absolute Gasteiger partial charge is 0.405 e. The molecule has 1 heterocycles. The lowest BCUT2D eigenvalue weighted by Gasteiger charge is -2.31. The van der Waals surface area contributed by atoms with Gasteiger partial charge in [-0.3, -0.25) is 13.8 Å². The number of ketones is 1. The van der Waals surface area contributed by atoms with Gasteiger partial charge in [-0.2, -0.15) is 0 Å². The van der Waals surface area contributed by atoms with Crippen molar-refractivity contribution in [2.24, 2.45) is 11.8 Å². The zero-order valence-electron chi connectivity index (χ0n) is 26.4. The van der Waals surface area contributed by atoms with E-state index in [2.05, 4.69) is 71.3 Å². The van der Waals surface area contributed by atoms with Crippen molar-refractivity contribution >= 4 is 24.4 Å². The number of fused-ring (bicyclic) bond motifs is 1. The van der Waals surface area contributed by atoms with Gasteiger partial charge < -0.3 is 4.57 Å². The van der Waals surface area contributed by atoms with Crippen LogP contribution in [0.15, 0.2) is 54.7 Å². The molecule has 2 aliphatic rings. The lowest BCUT2D eigenvalue weighted by Crippen LogP contribution is -2.33. The van der Waals surface area contributed by atoms with Crippen LogP contribution in [0.3, 0.4) is 0 Å². The summed E-state index contributed by atoms with van der Waals surface area (Å²) in [6, 6.07) is 17.6. The van der Waals surface area contributed by atoms with Crippen molar-refractivity contribution in [1.82, 2.24) is 9.65 Å². The van der Waals surface area contributed by atoms with E-state index in [1.54, 1.807) is 0 Å². The number of para-hydroxylation sites is 1. The van der Waals surface area contributed by atoms with Crippen LogP contribution in [0.1, 0.15) is 107 Å². The Morgan fingerprint density at radius 2 is 1.65 bits per heavy atom. The Labute approximate surface area is 258 Å². The number of aryl methyl sites for hydroxylation is 1. The Bertz CT molecular complexity index is 1380. The fourth-order valence-electron chi connectivity index (χ4n) is 7.45. The first-order chi connectivity index (χ1) is 20.9. The van der Waals surface area contributed by atoms with Crippen molar-refractivity contribution in [3.63, 3.8) is 0 Å². The second kappa shape index (κ2) is 15.2. The summed E-state index contributed by atoms with van der Waals surface area (Å²) in [5.74, 6) is 1.46. The van der Waals surface area contributed by atoms with Crippen molar-refractivity contribution in [2.45, 2.75) is 110 Å². The van der Waals surface area contributed by atoms with Crippen molar-refractivity contribution in [1.29, 1.82) is 0 Å². The van der Waals surface area contributed by atoms with E-state index in [4.69, 9.17) is 9.05 Å². The number of rotatable bonds is 14. The Hall–Kier alpha value is -2.24. The van der Waals surface area contributed by atoms with Crippen LogP contribution in [-0.4, -0.2) is 29.6 Å². The highest BCUT2D eigenvalue weighted by molar-refractivity contribution is 7.51. The van der Waals surface area contributed by atoms with Crippen LogP contribution < -0.4 is 5.09 Å². The molecule has 2 fully saturated rings. The molecule has 0 aliphatic heterocycles. The fourth-order valence-corrected chi connectivity index (χ4v) is 9.06. The van der Waals surface area contributed by atoms with E-state index in [-0.39, 0.29) is 12.0 Å². The maximum absolute atomic E-state index is 13.8. The number of Topliss-reactive ketones (excluding diaryl/α,β-unsaturated/α-hetero) is 1. The van der Waals surface area contributed by atoms with Gasteiger partial charge in [-0.1, -0.05) is 67.3 Å². The molecular weight excluding hydrogens is 555 g/mol. The first-order valence-electron chi connectivity index (χ1n) is 16.7. The first kappa shape index (κ1) is 32.2. The highest BCUT2D eigenvalue weighted by atomic mass is 31.2. The van der Waals surface area contributed by atoms with Crippen LogP contribution >= 0.6 is 7.75 Å². The van der Waals surface area contributed by atoms with E-state index in [1.165, 1.54) is 59.7 Å². The van der Waals surface area contributed by atoms with Crippen LogP contribution in [0, 0.1) is 18.8 Å². The molecule has 0 bridgehead atoms. The van der Waals surface area contributed by atoms with Gasteiger partial charge in [0.2, 0.25) is 0 Å². The van der Waals surface area contributed by atoms with Gasteiger partial charge in [0.15, 0.2) is 0 Å². The van der Waals surface area contributed by atoms with Crippen molar-refractivity contribution in [2.75, 3.05) is 13.2 Å². The van der Waals surface area contributed by atoms with E-state index in [0.717, 1.165) is 38.1 Å². The molecule has 2 aliphatic carbocycles. The molecule has 1 aromatic heterocycles. The molecule has 1 N–H and O–H groups in total. The molecule has 43 heavy (non-hydrogen) atoms. The minimum absolute atomic E-state index is 0.0335. The third-order valence-corrected chi connectivity index (χ3v) is 11.4. The van der Waals surface area contributed by atoms with Crippen LogP contribution in [0.5, 0.6) is 0 Å². The zero-order chi connectivity index (χ0) is 30.2. The third-order valence-electron chi connectivity index (χ3n) is 9.55. The van der Waals surface area contributed by atoms with Crippen LogP contribution in [-0.2, 0) is 25.0 Å². The van der Waals surface area contributed by atoms with Gasteiger partial charge in [0.25, 0.3) is 0 Å². The van der Waals surface area contributed by atoms with Gasteiger partial charge >= 0.3 is 7.75 Å². The highest BCUT2D eigenvalue weighted by Crippen LogP contribution is 2.46. The smallest absolute Gasteiger partial charge is 0.347 e. The summed E-state index contributed by atoms with van der Waals surface area (Å²) in [5, 5.41) is 4.44. The zero-order valence-corrected chi connectivity index (χ0v) is 27.3. The maximum Gasteiger partial charge on any atom is 0.405 e. The van der Waals surface area contributed by atoms with Crippen molar-refractivity contribution in [3.05, 3.63) is 71.4 Å². The van der Waals surface area contributed by atoms with Gasteiger partial charge in [0.05, 0.1) is 13.2 Å². The molecule has 0 amide bonds. The monoisotopic (exact) mass is 606 g/mol. The standard InChI is InChI=1S/C36H51N2O4P/c1-4-41-43(40,42-5-2)37-31-20-18-28(19-21-31)23-32(39)24-34(30-15-11-12-27(3)22-30)35-26-38(25-29-13-7-6-8-14-29)36-17-10-9-16-33(35)36/h9-12,15-17,22,26,28-29,31,34H,4-8,13-14,18-21,23-25H2,1-3H3,(H,37,40). The molecule has 5 rings (SSSR count). The van der Waals surface area contributed by atoms with Gasteiger partial charge in [0, 0.05) is 48.4 Å². The molecular formula is C36H51N2O4P. The van der Waals surface area contributed by atoms with Crippen LogP contribution in [0.4, 0.5) is 0 Å². The molecule has 1 unspecified atom stereocenters. The SMILES string of the molecule is CCOP(=O)(NC1CCC(CC(=O)CC(c2cccc(C)c2)c2cn(CC3CCCCC3)c3ccccc23)CC1)OCC. The van der Waals surface area contributed by atoms with Crippen molar-refractivity contribution < 1.29 is 18.4 Å². The van der Waals surface area contributed by atoms with Crippen LogP contribution in [0.2, 0.25) is 0 Å². The second-order valence-corrected chi connectivity index (χ2v) is 14.6. The highest BCUT2D eigenvalue weighted by Gasteiger charge is 2.32. The predicted molar refractivity (Wildman–Crippen MR) is 176 cm³/mol. The molecule has 7 heteroatoms. The Morgan fingerprint density at radius 3 is 2.35 bits per heavy atom. The summed E-state index contributed by atoms with van der Waals surface area (Å²) in [5.41, 5.74) is 5.02. The molecule has 6 nitrogen and oxygen atoms in total. The molecule has 2 aromatic carbocycles. The normalized spacial score (nSPS) is 20.8. The van der Waals surface area contributed by atoms with Crippen molar-refractivity contribution in [3.8, 4) is 0 Å². The maximum atomic E-state index is 13.8. The summed E-state index contributed by atoms with van der Waals surface area (Å²) in [4.78, 5) is 13.8.